The first kappa shape index (κ1) is 16.5. The van der Waals surface area contributed by atoms with Crippen molar-refractivity contribution in [3.8, 4) is 0 Å². The maximum Gasteiger partial charge on any atom is 0.355 e. The van der Waals surface area contributed by atoms with E-state index in [0.29, 0.717) is 0 Å². The molecule has 3 heteroatoms. The molecule has 0 bridgehead atoms. The minimum atomic E-state index is -2.44. The average molecular weight is 305 g/mol. The summed E-state index contributed by atoms with van der Waals surface area (Å²) in [6.07, 6.45) is 2.32. The first-order valence-electron chi connectivity index (χ1n) is 7.57. The standard InChI is InChI=1S/C18H28O2Si/c1-12-9-13(2)15-11-14(3)17(16(15)10-12)21(19-7,20-8)18(4,5)6/h9-11,17H,1-8H3. The summed E-state index contributed by atoms with van der Waals surface area (Å²) in [6, 6.07) is 4.57. The van der Waals surface area contributed by atoms with Crippen LogP contribution in [0.5, 0.6) is 0 Å². The van der Waals surface area contributed by atoms with E-state index in [1.54, 1.807) is 0 Å². The van der Waals surface area contributed by atoms with Gasteiger partial charge in [-0.2, -0.15) is 0 Å². The van der Waals surface area contributed by atoms with Gasteiger partial charge in [-0.25, -0.2) is 0 Å². The van der Waals surface area contributed by atoms with Crippen LogP contribution in [-0.4, -0.2) is 22.8 Å². The number of aryl methyl sites for hydroxylation is 2. The highest BCUT2D eigenvalue weighted by atomic mass is 28.4. The van der Waals surface area contributed by atoms with Crippen molar-refractivity contribution in [2.45, 2.75) is 52.1 Å². The summed E-state index contributed by atoms with van der Waals surface area (Å²) in [7, 11) is 1.19. The number of allylic oxidation sites excluding steroid dienone is 1. The van der Waals surface area contributed by atoms with E-state index in [-0.39, 0.29) is 10.6 Å². The molecule has 1 aliphatic rings. The second-order valence-electron chi connectivity index (χ2n) is 7.23. The fourth-order valence-electron chi connectivity index (χ4n) is 3.87. The summed E-state index contributed by atoms with van der Waals surface area (Å²) >= 11 is 0. The van der Waals surface area contributed by atoms with Gasteiger partial charge in [0, 0.05) is 24.8 Å². The molecule has 2 rings (SSSR count). The summed E-state index contributed by atoms with van der Waals surface area (Å²) in [5.74, 6) is 0. The molecule has 0 radical (unpaired) electrons. The van der Waals surface area contributed by atoms with Crippen molar-refractivity contribution in [2.24, 2.45) is 0 Å². The van der Waals surface area contributed by atoms with Gasteiger partial charge in [-0.15, -0.1) is 0 Å². The molecular formula is C18H28O2Si. The van der Waals surface area contributed by atoms with Crippen LogP contribution in [0, 0.1) is 13.8 Å². The van der Waals surface area contributed by atoms with E-state index >= 15 is 0 Å². The molecule has 0 N–H and O–H groups in total. The van der Waals surface area contributed by atoms with Crippen LogP contribution in [0.4, 0.5) is 0 Å². The van der Waals surface area contributed by atoms with Gasteiger partial charge in [-0.05, 0) is 37.5 Å². The molecule has 1 aromatic carbocycles. The van der Waals surface area contributed by atoms with Gasteiger partial charge in [-0.3, -0.25) is 0 Å². The van der Waals surface area contributed by atoms with Crippen molar-refractivity contribution in [1.29, 1.82) is 0 Å². The highest BCUT2D eigenvalue weighted by molar-refractivity contribution is 6.73. The molecule has 1 unspecified atom stereocenters. The van der Waals surface area contributed by atoms with Crippen LogP contribution in [0.25, 0.3) is 6.08 Å². The van der Waals surface area contributed by atoms with Gasteiger partial charge < -0.3 is 8.85 Å². The molecule has 1 atom stereocenters. The Morgan fingerprint density at radius 3 is 2.05 bits per heavy atom. The van der Waals surface area contributed by atoms with Gasteiger partial charge in [-0.1, -0.05) is 50.1 Å². The second kappa shape index (κ2) is 5.38. The zero-order valence-corrected chi connectivity index (χ0v) is 15.6. The zero-order valence-electron chi connectivity index (χ0n) is 14.6. The molecule has 1 aromatic rings. The molecule has 0 saturated heterocycles. The van der Waals surface area contributed by atoms with Gasteiger partial charge >= 0.3 is 8.56 Å². The van der Waals surface area contributed by atoms with Gasteiger partial charge in [0.2, 0.25) is 0 Å². The third-order valence-electron chi connectivity index (χ3n) is 4.73. The van der Waals surface area contributed by atoms with Gasteiger partial charge in [0.05, 0.1) is 0 Å². The lowest BCUT2D eigenvalue weighted by Crippen LogP contribution is -2.54. The lowest BCUT2D eigenvalue weighted by atomic mass is 10.0. The highest BCUT2D eigenvalue weighted by Crippen LogP contribution is 2.52. The summed E-state index contributed by atoms with van der Waals surface area (Å²) < 4.78 is 12.2. The Labute approximate surface area is 130 Å². The Morgan fingerprint density at radius 1 is 1.00 bits per heavy atom. The molecule has 0 spiro atoms. The van der Waals surface area contributed by atoms with E-state index < -0.39 is 8.56 Å². The third kappa shape index (κ3) is 2.41. The van der Waals surface area contributed by atoms with E-state index in [1.807, 2.05) is 14.2 Å². The van der Waals surface area contributed by atoms with Crippen molar-refractivity contribution in [2.75, 3.05) is 14.2 Å². The minimum Gasteiger partial charge on any atom is -0.397 e. The summed E-state index contributed by atoms with van der Waals surface area (Å²) in [6.45, 7) is 13.3. The third-order valence-corrected chi connectivity index (χ3v) is 9.56. The summed E-state index contributed by atoms with van der Waals surface area (Å²) in [4.78, 5) is 0. The van der Waals surface area contributed by atoms with Gasteiger partial charge in [0.1, 0.15) is 0 Å². The Balaban J connectivity index is 2.69. The molecule has 0 saturated carbocycles. The summed E-state index contributed by atoms with van der Waals surface area (Å²) in [5, 5.41) is -0.00444. The van der Waals surface area contributed by atoms with Crippen LogP contribution in [0.3, 0.4) is 0 Å². The second-order valence-corrected chi connectivity index (χ2v) is 11.5. The van der Waals surface area contributed by atoms with Crippen LogP contribution in [0.15, 0.2) is 17.7 Å². The molecule has 1 aliphatic carbocycles. The van der Waals surface area contributed by atoms with Crippen LogP contribution in [-0.2, 0) is 8.85 Å². The van der Waals surface area contributed by atoms with Crippen molar-refractivity contribution in [3.63, 3.8) is 0 Å². The maximum absolute atomic E-state index is 6.12. The first-order chi connectivity index (χ1) is 9.67. The molecule has 116 valence electrons. The van der Waals surface area contributed by atoms with Crippen LogP contribution >= 0.6 is 0 Å². The number of rotatable bonds is 3. The maximum atomic E-state index is 6.12. The van der Waals surface area contributed by atoms with E-state index in [0.717, 1.165) is 0 Å². The minimum absolute atomic E-state index is 0.00444. The number of benzene rings is 1. The molecule has 21 heavy (non-hydrogen) atoms. The molecule has 0 fully saturated rings. The Bertz CT molecular complexity index is 578. The Morgan fingerprint density at radius 2 is 1.57 bits per heavy atom. The molecule has 2 nitrogen and oxygen atoms in total. The number of hydrogen-bond donors (Lipinski definition) is 0. The Hall–Kier alpha value is -0.903. The average Bonchev–Trinajstić information content (AvgIpc) is 2.68. The monoisotopic (exact) mass is 304 g/mol. The molecule has 0 amide bonds. The van der Waals surface area contributed by atoms with Crippen LogP contribution < -0.4 is 0 Å². The molecule has 0 aromatic heterocycles. The molecule has 0 heterocycles. The smallest absolute Gasteiger partial charge is 0.355 e. The predicted octanol–water partition coefficient (Wildman–Crippen LogP) is 4.88. The number of hydrogen-bond acceptors (Lipinski definition) is 2. The normalized spacial score (nSPS) is 18.7. The lowest BCUT2D eigenvalue weighted by Gasteiger charge is -2.44. The quantitative estimate of drug-likeness (QED) is 0.741. The molecule has 0 aliphatic heterocycles. The molecular weight excluding hydrogens is 276 g/mol. The van der Waals surface area contributed by atoms with E-state index in [9.17, 15) is 0 Å². The highest BCUT2D eigenvalue weighted by Gasteiger charge is 2.56. The van der Waals surface area contributed by atoms with Crippen molar-refractivity contribution >= 4 is 14.6 Å². The van der Waals surface area contributed by atoms with E-state index in [1.165, 1.54) is 27.8 Å². The van der Waals surface area contributed by atoms with E-state index in [4.69, 9.17) is 8.85 Å². The SMILES string of the molecule is CO[Si](OC)(C1C(C)=Cc2c(C)cc(C)cc21)C(C)(C)C. The summed E-state index contributed by atoms with van der Waals surface area (Å²) in [5.41, 5.74) is 7.03. The van der Waals surface area contributed by atoms with Gasteiger partial charge in [0.15, 0.2) is 0 Å². The van der Waals surface area contributed by atoms with Crippen molar-refractivity contribution < 1.29 is 8.85 Å². The fourth-order valence-corrected chi connectivity index (χ4v) is 7.93. The van der Waals surface area contributed by atoms with Gasteiger partial charge in [0.25, 0.3) is 0 Å². The fraction of sp³-hybridized carbons (Fsp3) is 0.556. The van der Waals surface area contributed by atoms with Crippen LogP contribution in [0.2, 0.25) is 5.04 Å². The lowest BCUT2D eigenvalue weighted by molar-refractivity contribution is 0.206. The van der Waals surface area contributed by atoms with Crippen molar-refractivity contribution in [3.05, 3.63) is 40.0 Å². The zero-order chi connectivity index (χ0) is 16.0. The first-order valence-corrected chi connectivity index (χ1v) is 9.47. The largest absolute Gasteiger partial charge is 0.397 e. The Kier molecular flexibility index (Phi) is 4.22. The predicted molar refractivity (Wildman–Crippen MR) is 91.8 cm³/mol. The van der Waals surface area contributed by atoms with Crippen molar-refractivity contribution in [1.82, 2.24) is 0 Å². The van der Waals surface area contributed by atoms with E-state index in [2.05, 4.69) is 59.8 Å². The number of fused-ring (bicyclic) bond motifs is 1. The van der Waals surface area contributed by atoms with Crippen LogP contribution in [0.1, 0.15) is 55.5 Å². The topological polar surface area (TPSA) is 18.5 Å².